The average Bonchev–Trinajstić information content (AvgIpc) is 3.08. The predicted molar refractivity (Wildman–Crippen MR) is 203 cm³/mol. The van der Waals surface area contributed by atoms with Gasteiger partial charge in [-0.3, -0.25) is 24.0 Å². The Labute approximate surface area is 311 Å². The Morgan fingerprint density at radius 3 is 1.48 bits per heavy atom. The molecule has 290 valence electrons. The SMILES string of the molecule is C#CCCCCCC(=O)N(C)[C@H](C(=O)N(C)[C@H](C(=O)N(C)[C@H](C(=O)N(C)[C@@H](C)C(=O)N(C)[C@@H](Cc1ccccc1)C(=O)O)C(C)C)C(C)C)C(C)C. The Balaban J connectivity index is 3.26. The normalized spacial score (nSPS) is 14.1. The van der Waals surface area contributed by atoms with Crippen molar-refractivity contribution in [2.75, 3.05) is 35.2 Å². The number of benzene rings is 1. The maximum Gasteiger partial charge on any atom is 0.326 e. The molecule has 0 heterocycles. The minimum absolute atomic E-state index is 0.0895. The van der Waals surface area contributed by atoms with E-state index in [1.807, 2.05) is 33.8 Å². The summed E-state index contributed by atoms with van der Waals surface area (Å²) in [5.41, 5.74) is 0.750. The van der Waals surface area contributed by atoms with Gasteiger partial charge in [0.15, 0.2) is 0 Å². The number of unbranched alkanes of at least 4 members (excludes halogenated alkanes) is 3. The number of hydrogen-bond donors (Lipinski definition) is 1. The van der Waals surface area contributed by atoms with E-state index in [0.717, 1.165) is 23.3 Å². The highest BCUT2D eigenvalue weighted by Crippen LogP contribution is 2.23. The van der Waals surface area contributed by atoms with Gasteiger partial charge in [0.05, 0.1) is 0 Å². The van der Waals surface area contributed by atoms with Crippen molar-refractivity contribution in [2.45, 2.75) is 117 Å². The van der Waals surface area contributed by atoms with Crippen LogP contribution in [0.3, 0.4) is 0 Å². The van der Waals surface area contributed by atoms with Crippen molar-refractivity contribution in [1.82, 2.24) is 24.5 Å². The van der Waals surface area contributed by atoms with Crippen LogP contribution in [0.1, 0.15) is 86.1 Å². The first-order chi connectivity index (χ1) is 24.2. The molecule has 5 amide bonds. The summed E-state index contributed by atoms with van der Waals surface area (Å²) >= 11 is 0. The number of amides is 5. The topological polar surface area (TPSA) is 139 Å². The molecule has 0 aromatic heterocycles. The number of carbonyl (C=O) groups excluding carboxylic acids is 5. The molecule has 1 rings (SSSR count). The molecule has 0 bridgehead atoms. The van der Waals surface area contributed by atoms with E-state index in [1.165, 1.54) is 47.7 Å². The van der Waals surface area contributed by atoms with Crippen molar-refractivity contribution < 1.29 is 33.9 Å². The van der Waals surface area contributed by atoms with Gasteiger partial charge >= 0.3 is 5.97 Å². The summed E-state index contributed by atoms with van der Waals surface area (Å²) in [6.07, 6.45) is 8.64. The number of carboxylic acids is 1. The van der Waals surface area contributed by atoms with Crippen LogP contribution in [0.15, 0.2) is 30.3 Å². The monoisotopic (exact) mass is 725 g/mol. The summed E-state index contributed by atoms with van der Waals surface area (Å²) in [5, 5.41) is 9.97. The lowest BCUT2D eigenvalue weighted by molar-refractivity contribution is -0.158. The van der Waals surface area contributed by atoms with Crippen LogP contribution in [0.2, 0.25) is 0 Å². The molecule has 0 saturated heterocycles. The third-order valence-corrected chi connectivity index (χ3v) is 9.86. The smallest absolute Gasteiger partial charge is 0.326 e. The number of carboxylic acid groups (broad SMARTS) is 1. The van der Waals surface area contributed by atoms with Crippen LogP contribution in [-0.4, -0.2) is 131 Å². The summed E-state index contributed by atoms with van der Waals surface area (Å²) in [5.74, 6) is -1.60. The van der Waals surface area contributed by atoms with E-state index in [0.29, 0.717) is 12.8 Å². The summed E-state index contributed by atoms with van der Waals surface area (Å²) in [7, 11) is 7.55. The highest BCUT2D eigenvalue weighted by Gasteiger charge is 2.43. The van der Waals surface area contributed by atoms with Crippen LogP contribution in [0, 0.1) is 30.1 Å². The number of terminal acetylenes is 1. The van der Waals surface area contributed by atoms with Crippen LogP contribution >= 0.6 is 0 Å². The fourth-order valence-corrected chi connectivity index (χ4v) is 6.64. The highest BCUT2D eigenvalue weighted by atomic mass is 16.4. The maximum absolute atomic E-state index is 14.3. The molecule has 0 saturated carbocycles. The number of rotatable bonds is 20. The molecular weight excluding hydrogens is 662 g/mol. The molecule has 5 atom stereocenters. The zero-order chi connectivity index (χ0) is 40.0. The minimum atomic E-state index is -1.17. The number of hydrogen-bond acceptors (Lipinski definition) is 6. The van der Waals surface area contributed by atoms with E-state index >= 15 is 0 Å². The van der Waals surface area contributed by atoms with Gasteiger partial charge < -0.3 is 29.6 Å². The van der Waals surface area contributed by atoms with Gasteiger partial charge in [-0.05, 0) is 43.1 Å². The van der Waals surface area contributed by atoms with Crippen molar-refractivity contribution in [3.8, 4) is 12.3 Å². The van der Waals surface area contributed by atoms with Gasteiger partial charge in [0.1, 0.15) is 30.2 Å². The average molecular weight is 726 g/mol. The van der Waals surface area contributed by atoms with Gasteiger partial charge in [-0.25, -0.2) is 4.79 Å². The first kappa shape index (κ1) is 45.6. The quantitative estimate of drug-likeness (QED) is 0.158. The number of likely N-dealkylation sites (N-methyl/N-ethyl adjacent to an activating group) is 5. The second-order valence-electron chi connectivity index (χ2n) is 14.9. The summed E-state index contributed by atoms with van der Waals surface area (Å²) in [4.78, 5) is 88.0. The van der Waals surface area contributed by atoms with Crippen molar-refractivity contribution >= 4 is 35.5 Å². The molecule has 0 spiro atoms. The van der Waals surface area contributed by atoms with Gasteiger partial charge in [0.2, 0.25) is 29.5 Å². The van der Waals surface area contributed by atoms with Gasteiger partial charge in [-0.1, -0.05) is 78.3 Å². The Kier molecular flexibility index (Phi) is 18.6. The van der Waals surface area contributed by atoms with Crippen LogP contribution in [-0.2, 0) is 35.2 Å². The molecular formula is C40H63N5O7. The van der Waals surface area contributed by atoms with E-state index in [4.69, 9.17) is 6.42 Å². The number of aliphatic carboxylic acids is 1. The fourth-order valence-electron chi connectivity index (χ4n) is 6.64. The Morgan fingerprint density at radius 2 is 1.06 bits per heavy atom. The molecule has 0 radical (unpaired) electrons. The molecule has 12 nitrogen and oxygen atoms in total. The zero-order valence-corrected chi connectivity index (χ0v) is 33.5. The second-order valence-corrected chi connectivity index (χ2v) is 14.9. The summed E-state index contributed by atoms with van der Waals surface area (Å²) in [6, 6.07) is 4.02. The zero-order valence-electron chi connectivity index (χ0n) is 33.5. The Hall–Kier alpha value is -4.40. The first-order valence-corrected chi connectivity index (χ1v) is 18.2. The molecule has 1 N–H and O–H groups in total. The van der Waals surface area contributed by atoms with Crippen LogP contribution < -0.4 is 0 Å². The third-order valence-electron chi connectivity index (χ3n) is 9.86. The maximum atomic E-state index is 14.3. The third kappa shape index (κ3) is 12.1. The molecule has 12 heteroatoms. The van der Waals surface area contributed by atoms with Crippen molar-refractivity contribution in [3.63, 3.8) is 0 Å². The molecule has 0 unspecified atom stereocenters. The molecule has 1 aromatic rings. The van der Waals surface area contributed by atoms with Crippen molar-refractivity contribution in [3.05, 3.63) is 35.9 Å². The van der Waals surface area contributed by atoms with Gasteiger partial charge in [-0.2, -0.15) is 0 Å². The Bertz CT molecular complexity index is 1410. The summed E-state index contributed by atoms with van der Waals surface area (Å²) in [6.45, 7) is 12.5. The molecule has 0 aliphatic heterocycles. The molecule has 0 aliphatic carbocycles. The number of nitrogens with zero attached hydrogens (tertiary/aromatic N) is 5. The van der Waals surface area contributed by atoms with E-state index in [-0.39, 0.29) is 42.4 Å². The van der Waals surface area contributed by atoms with E-state index in [9.17, 15) is 33.9 Å². The van der Waals surface area contributed by atoms with Gasteiger partial charge in [-0.15, -0.1) is 12.3 Å². The van der Waals surface area contributed by atoms with Gasteiger partial charge in [0.25, 0.3) is 0 Å². The second kappa shape index (κ2) is 21.2. The van der Waals surface area contributed by atoms with Gasteiger partial charge in [0, 0.05) is 54.5 Å². The first-order valence-electron chi connectivity index (χ1n) is 18.2. The largest absolute Gasteiger partial charge is 0.480 e. The predicted octanol–water partition coefficient (Wildman–Crippen LogP) is 4.02. The number of carbonyl (C=O) groups is 6. The standard InChI is InChI=1S/C40H63N5O7/c1-14-15-16-17-21-24-32(46)43(11)33(26(2)3)38(49)45(13)35(28(6)7)39(50)44(12)34(27(4)5)37(48)41(9)29(8)36(47)42(10)31(40(51)52)25-30-22-19-18-20-23-30/h1,18-20,22-23,26-29,31,33-35H,15-17,21,24-25H2,2-13H3,(H,51,52)/t29-,31-,33-,34-,35-/m0/s1. The van der Waals surface area contributed by atoms with Crippen LogP contribution in [0.4, 0.5) is 0 Å². The van der Waals surface area contributed by atoms with Crippen LogP contribution in [0.25, 0.3) is 0 Å². The molecule has 0 fully saturated rings. The van der Waals surface area contributed by atoms with E-state index < -0.39 is 53.9 Å². The molecule has 0 aliphatic rings. The van der Waals surface area contributed by atoms with Crippen molar-refractivity contribution in [1.29, 1.82) is 0 Å². The minimum Gasteiger partial charge on any atom is -0.480 e. The summed E-state index contributed by atoms with van der Waals surface area (Å²) < 4.78 is 0. The lowest BCUT2D eigenvalue weighted by Crippen LogP contribution is -2.61. The lowest BCUT2D eigenvalue weighted by Gasteiger charge is -2.41. The fraction of sp³-hybridized carbons (Fsp3) is 0.650. The van der Waals surface area contributed by atoms with E-state index in [1.54, 1.807) is 52.2 Å². The van der Waals surface area contributed by atoms with E-state index in [2.05, 4.69) is 5.92 Å². The van der Waals surface area contributed by atoms with Crippen LogP contribution in [0.5, 0.6) is 0 Å². The molecule has 1 aromatic carbocycles. The highest BCUT2D eigenvalue weighted by molar-refractivity contribution is 5.96. The molecule has 52 heavy (non-hydrogen) atoms. The van der Waals surface area contributed by atoms with Crippen molar-refractivity contribution in [2.24, 2.45) is 17.8 Å². The Morgan fingerprint density at radius 1 is 0.615 bits per heavy atom. The lowest BCUT2D eigenvalue weighted by atomic mass is 9.94.